The minimum absolute atomic E-state index is 0.328. The predicted molar refractivity (Wildman–Crippen MR) is 86.4 cm³/mol. The van der Waals surface area contributed by atoms with Crippen LogP contribution in [0.5, 0.6) is 5.75 Å². The van der Waals surface area contributed by atoms with E-state index in [1.807, 2.05) is 0 Å². The van der Waals surface area contributed by atoms with Crippen LogP contribution < -0.4 is 4.74 Å². The van der Waals surface area contributed by atoms with Gasteiger partial charge in [0.1, 0.15) is 11.6 Å². The first kappa shape index (κ1) is 16.7. The van der Waals surface area contributed by atoms with Crippen LogP contribution in [0, 0.1) is 16.4 Å². The van der Waals surface area contributed by atoms with Crippen LogP contribution in [0.1, 0.15) is 26.3 Å². The summed E-state index contributed by atoms with van der Waals surface area (Å²) in [5.41, 5.74) is 0.383. The van der Waals surface area contributed by atoms with Crippen molar-refractivity contribution in [1.29, 1.82) is 0 Å². The molecular formula is C18H18FNO3. The van der Waals surface area contributed by atoms with E-state index in [0.29, 0.717) is 21.7 Å². The van der Waals surface area contributed by atoms with E-state index in [9.17, 15) is 14.4 Å². The number of hydrogen-bond acceptors (Lipinski definition) is 3. The first-order valence-corrected chi connectivity index (χ1v) is 7.15. The molecule has 120 valence electrons. The molecule has 0 aliphatic rings. The van der Waals surface area contributed by atoms with E-state index in [1.54, 1.807) is 45.0 Å². The summed E-state index contributed by atoms with van der Waals surface area (Å²) in [6.07, 6.45) is 1.36. The van der Waals surface area contributed by atoms with Crippen LogP contribution in [0.3, 0.4) is 0 Å². The van der Waals surface area contributed by atoms with Crippen molar-refractivity contribution < 1.29 is 18.7 Å². The Bertz CT molecular complexity index is 713. The Morgan fingerprint density at radius 3 is 2.17 bits per heavy atom. The van der Waals surface area contributed by atoms with Gasteiger partial charge >= 0.3 is 5.97 Å². The molecule has 5 heteroatoms. The van der Waals surface area contributed by atoms with Gasteiger partial charge in [-0.15, -0.1) is 0 Å². The summed E-state index contributed by atoms with van der Waals surface area (Å²) in [7, 11) is 0. The smallest absolute Gasteiger partial charge is 0.316 e. The third-order valence-electron chi connectivity index (χ3n) is 3.05. The van der Waals surface area contributed by atoms with Gasteiger partial charge in [-0.1, -0.05) is 0 Å². The van der Waals surface area contributed by atoms with Crippen molar-refractivity contribution in [3.05, 3.63) is 65.1 Å². The van der Waals surface area contributed by atoms with Crippen molar-refractivity contribution in [3.63, 3.8) is 0 Å². The SMILES string of the molecule is CC(C)(C)C(=O)Oc1ccc(/C=[N+](\[O-])c2ccc(F)cc2)cc1. The van der Waals surface area contributed by atoms with Gasteiger partial charge in [0.05, 0.1) is 5.41 Å². The lowest BCUT2D eigenvalue weighted by atomic mass is 9.97. The number of carbonyl (C=O) groups is 1. The van der Waals surface area contributed by atoms with Crippen molar-refractivity contribution in [2.45, 2.75) is 20.8 Å². The van der Waals surface area contributed by atoms with Gasteiger partial charge in [-0.2, -0.15) is 4.74 Å². The van der Waals surface area contributed by atoms with Gasteiger partial charge < -0.3 is 9.94 Å². The Balaban J connectivity index is 2.12. The van der Waals surface area contributed by atoms with Crippen LogP contribution in [0.4, 0.5) is 10.1 Å². The first-order valence-electron chi connectivity index (χ1n) is 7.15. The Kier molecular flexibility index (Phi) is 4.79. The fourth-order valence-electron chi connectivity index (χ4n) is 1.68. The summed E-state index contributed by atoms with van der Waals surface area (Å²) < 4.78 is 18.7. The molecule has 0 spiro atoms. The Hall–Kier alpha value is -2.69. The molecule has 2 rings (SSSR count). The number of hydrogen-bond donors (Lipinski definition) is 0. The fraction of sp³-hybridized carbons (Fsp3) is 0.222. The summed E-state index contributed by atoms with van der Waals surface area (Å²) in [4.78, 5) is 11.8. The van der Waals surface area contributed by atoms with Crippen molar-refractivity contribution >= 4 is 17.9 Å². The summed E-state index contributed by atoms with van der Waals surface area (Å²) in [5, 5.41) is 12.0. The Labute approximate surface area is 134 Å². The molecule has 23 heavy (non-hydrogen) atoms. The highest BCUT2D eigenvalue weighted by atomic mass is 19.1. The highest BCUT2D eigenvalue weighted by Crippen LogP contribution is 2.19. The van der Waals surface area contributed by atoms with Gasteiger partial charge in [0.2, 0.25) is 5.69 Å². The van der Waals surface area contributed by atoms with E-state index in [4.69, 9.17) is 4.74 Å². The first-order chi connectivity index (χ1) is 10.8. The lowest BCUT2D eigenvalue weighted by Crippen LogP contribution is -2.25. The Morgan fingerprint density at radius 2 is 1.65 bits per heavy atom. The van der Waals surface area contributed by atoms with Crippen molar-refractivity contribution in [3.8, 4) is 5.75 Å². The number of carbonyl (C=O) groups excluding carboxylic acids is 1. The largest absolute Gasteiger partial charge is 0.618 e. The normalized spacial score (nSPS) is 12.1. The molecule has 0 aromatic heterocycles. The lowest BCUT2D eigenvalue weighted by molar-refractivity contribution is -0.354. The van der Waals surface area contributed by atoms with Gasteiger partial charge in [-0.3, -0.25) is 4.79 Å². The van der Waals surface area contributed by atoms with E-state index in [0.717, 1.165) is 0 Å². The van der Waals surface area contributed by atoms with Crippen molar-refractivity contribution in [2.75, 3.05) is 0 Å². The highest BCUT2D eigenvalue weighted by molar-refractivity contribution is 5.79. The zero-order chi connectivity index (χ0) is 17.0. The van der Waals surface area contributed by atoms with Crippen LogP contribution in [0.25, 0.3) is 0 Å². The molecule has 0 saturated carbocycles. The molecular weight excluding hydrogens is 297 g/mol. The van der Waals surface area contributed by atoms with Gasteiger partial charge in [0, 0.05) is 17.7 Å². The quantitative estimate of drug-likeness (QED) is 0.214. The molecule has 2 aromatic rings. The van der Waals surface area contributed by atoms with Crippen LogP contribution >= 0.6 is 0 Å². The molecule has 4 nitrogen and oxygen atoms in total. The number of esters is 1. The van der Waals surface area contributed by atoms with Gasteiger partial charge in [0.15, 0.2) is 6.21 Å². The average molecular weight is 315 g/mol. The van der Waals surface area contributed by atoms with E-state index in [2.05, 4.69) is 0 Å². The number of halogens is 1. The minimum Gasteiger partial charge on any atom is -0.618 e. The molecule has 0 atom stereocenters. The maximum atomic E-state index is 12.8. The average Bonchev–Trinajstić information content (AvgIpc) is 2.49. The summed E-state index contributed by atoms with van der Waals surface area (Å²) >= 11 is 0. The molecule has 0 fully saturated rings. The minimum atomic E-state index is -0.584. The Morgan fingerprint density at radius 1 is 1.09 bits per heavy atom. The van der Waals surface area contributed by atoms with Crippen LogP contribution in [-0.2, 0) is 4.79 Å². The summed E-state index contributed by atoms with van der Waals surface area (Å²) in [5.74, 6) is -0.306. The number of rotatable bonds is 3. The number of ether oxygens (including phenoxy) is 1. The third kappa shape index (κ3) is 4.64. The second kappa shape index (κ2) is 6.60. The monoisotopic (exact) mass is 315 g/mol. The van der Waals surface area contributed by atoms with Crippen molar-refractivity contribution in [2.24, 2.45) is 5.41 Å². The maximum absolute atomic E-state index is 12.8. The van der Waals surface area contributed by atoms with Crippen LogP contribution in [0.15, 0.2) is 48.5 Å². The van der Waals surface area contributed by atoms with E-state index >= 15 is 0 Å². The van der Waals surface area contributed by atoms with Crippen LogP contribution in [0.2, 0.25) is 0 Å². The predicted octanol–water partition coefficient (Wildman–Crippen LogP) is 4.04. The summed E-state index contributed by atoms with van der Waals surface area (Å²) in [6, 6.07) is 11.8. The zero-order valence-electron chi connectivity index (χ0n) is 13.2. The molecule has 0 saturated heterocycles. The molecule has 0 aliphatic carbocycles. The molecule has 0 bridgehead atoms. The van der Waals surface area contributed by atoms with E-state index < -0.39 is 11.2 Å². The molecule has 0 unspecified atom stereocenters. The highest BCUT2D eigenvalue weighted by Gasteiger charge is 2.23. The van der Waals surface area contributed by atoms with Crippen molar-refractivity contribution in [1.82, 2.24) is 0 Å². The number of nitrogens with zero attached hydrogens (tertiary/aromatic N) is 1. The molecule has 2 aromatic carbocycles. The number of benzene rings is 2. The zero-order valence-corrected chi connectivity index (χ0v) is 13.2. The second-order valence-corrected chi connectivity index (χ2v) is 6.14. The second-order valence-electron chi connectivity index (χ2n) is 6.14. The summed E-state index contributed by atoms with van der Waals surface area (Å²) in [6.45, 7) is 5.32. The molecule has 0 amide bonds. The van der Waals surface area contributed by atoms with Gasteiger partial charge in [0.25, 0.3) is 0 Å². The maximum Gasteiger partial charge on any atom is 0.316 e. The molecule has 0 heterocycles. The molecule has 0 radical (unpaired) electrons. The van der Waals surface area contributed by atoms with E-state index in [1.165, 1.54) is 30.5 Å². The van der Waals surface area contributed by atoms with E-state index in [-0.39, 0.29) is 5.97 Å². The van der Waals surface area contributed by atoms with Gasteiger partial charge in [-0.05, 0) is 57.2 Å². The molecule has 0 aliphatic heterocycles. The molecule has 0 N–H and O–H groups in total. The third-order valence-corrected chi connectivity index (χ3v) is 3.05. The van der Waals surface area contributed by atoms with Gasteiger partial charge in [-0.25, -0.2) is 4.39 Å². The fourth-order valence-corrected chi connectivity index (χ4v) is 1.68. The topological polar surface area (TPSA) is 52.4 Å². The van der Waals surface area contributed by atoms with Crippen LogP contribution in [-0.4, -0.2) is 16.9 Å². The standard InChI is InChI=1S/C18H18FNO3/c1-18(2,3)17(21)23-16-10-4-13(5-11-16)12-20(22)15-8-6-14(19)7-9-15/h4-12H,1-3H3/b20-12-. The lowest BCUT2D eigenvalue weighted by Gasteiger charge is -2.16.